The molecule has 3 rings (SSSR count). The van der Waals surface area contributed by atoms with Gasteiger partial charge in [0.15, 0.2) is 0 Å². The maximum absolute atomic E-state index is 13.2. The molecule has 0 saturated carbocycles. The first-order valence-electron chi connectivity index (χ1n) is 9.83. The Balaban J connectivity index is 1.70. The Morgan fingerprint density at radius 2 is 2.00 bits per heavy atom. The van der Waals surface area contributed by atoms with Gasteiger partial charge in [-0.3, -0.25) is 14.6 Å². The summed E-state index contributed by atoms with van der Waals surface area (Å²) in [4.78, 5) is 32.2. The molecule has 1 aromatic heterocycles. The predicted molar refractivity (Wildman–Crippen MR) is 118 cm³/mol. The number of halogens is 1. The van der Waals surface area contributed by atoms with E-state index in [-0.39, 0.29) is 17.2 Å². The second kappa shape index (κ2) is 10.1. The summed E-state index contributed by atoms with van der Waals surface area (Å²) < 4.78 is 0. The fourth-order valence-corrected chi connectivity index (χ4v) is 5.11. The lowest BCUT2D eigenvalue weighted by Gasteiger charge is -2.30. The van der Waals surface area contributed by atoms with E-state index in [9.17, 15) is 9.59 Å². The van der Waals surface area contributed by atoms with Gasteiger partial charge in [0.2, 0.25) is 5.91 Å². The third kappa shape index (κ3) is 5.73. The third-order valence-corrected chi connectivity index (χ3v) is 6.36. The number of nitrogens with zero attached hydrogens (tertiary/aromatic N) is 2. The summed E-state index contributed by atoms with van der Waals surface area (Å²) >= 11 is 7.64. The first-order chi connectivity index (χ1) is 14.0. The Bertz CT molecular complexity index is 830. The van der Waals surface area contributed by atoms with Crippen molar-refractivity contribution in [2.45, 2.75) is 38.1 Å². The largest absolute Gasteiger partial charge is 0.354 e. The molecule has 2 atom stereocenters. The Morgan fingerprint density at radius 3 is 2.66 bits per heavy atom. The van der Waals surface area contributed by atoms with Crippen LogP contribution in [0.5, 0.6) is 0 Å². The fraction of sp³-hybridized carbons (Fsp3) is 0.409. The van der Waals surface area contributed by atoms with Gasteiger partial charge in [-0.1, -0.05) is 31.5 Å². The van der Waals surface area contributed by atoms with Crippen LogP contribution in [0.4, 0.5) is 0 Å². The van der Waals surface area contributed by atoms with E-state index in [1.54, 1.807) is 47.1 Å². The molecule has 1 saturated heterocycles. The first kappa shape index (κ1) is 21.7. The minimum atomic E-state index is -0.476. The van der Waals surface area contributed by atoms with Gasteiger partial charge in [0.05, 0.1) is 5.37 Å². The second-order valence-corrected chi connectivity index (χ2v) is 9.16. The summed E-state index contributed by atoms with van der Waals surface area (Å²) in [6.07, 6.45) is 3.25. The average Bonchev–Trinajstić information content (AvgIpc) is 3.11. The van der Waals surface area contributed by atoms with Crippen molar-refractivity contribution in [3.63, 3.8) is 0 Å². The van der Waals surface area contributed by atoms with Crippen molar-refractivity contribution in [2.75, 3.05) is 12.3 Å². The van der Waals surface area contributed by atoms with Crippen LogP contribution < -0.4 is 5.32 Å². The van der Waals surface area contributed by atoms with Gasteiger partial charge in [0.25, 0.3) is 5.91 Å². The number of pyridine rings is 1. The number of hydrogen-bond donors (Lipinski definition) is 1. The molecule has 2 aromatic rings. The number of carbonyl (C=O) groups is 2. The van der Waals surface area contributed by atoms with Crippen molar-refractivity contribution in [1.29, 1.82) is 0 Å². The SMILES string of the molecule is CC(C)CC1SCC(C(=O)NCCc2ccccn2)N1C(=O)c1ccc(Cl)cc1. The minimum Gasteiger partial charge on any atom is -0.354 e. The molecule has 1 aliphatic rings. The zero-order valence-corrected chi connectivity index (χ0v) is 18.2. The zero-order valence-electron chi connectivity index (χ0n) is 16.7. The number of carbonyl (C=O) groups excluding carboxylic acids is 2. The van der Waals surface area contributed by atoms with E-state index < -0.39 is 6.04 Å². The van der Waals surface area contributed by atoms with Gasteiger partial charge in [0.1, 0.15) is 6.04 Å². The van der Waals surface area contributed by atoms with E-state index in [4.69, 9.17) is 11.6 Å². The highest BCUT2D eigenvalue weighted by atomic mass is 35.5. The molecule has 154 valence electrons. The molecule has 1 aliphatic heterocycles. The van der Waals surface area contributed by atoms with Crippen LogP contribution in [-0.2, 0) is 11.2 Å². The Hall–Kier alpha value is -2.05. The molecule has 29 heavy (non-hydrogen) atoms. The maximum atomic E-state index is 13.2. The molecule has 0 aliphatic carbocycles. The molecule has 1 N–H and O–H groups in total. The Kier molecular flexibility index (Phi) is 7.56. The maximum Gasteiger partial charge on any atom is 0.255 e. The van der Waals surface area contributed by atoms with Crippen LogP contribution in [0, 0.1) is 5.92 Å². The van der Waals surface area contributed by atoms with Crippen molar-refractivity contribution >= 4 is 35.2 Å². The number of aromatic nitrogens is 1. The van der Waals surface area contributed by atoms with Gasteiger partial charge in [-0.15, -0.1) is 11.8 Å². The van der Waals surface area contributed by atoms with Gasteiger partial charge in [-0.2, -0.15) is 0 Å². The van der Waals surface area contributed by atoms with Gasteiger partial charge >= 0.3 is 0 Å². The van der Waals surface area contributed by atoms with Crippen molar-refractivity contribution in [3.05, 3.63) is 64.9 Å². The van der Waals surface area contributed by atoms with Crippen molar-refractivity contribution in [3.8, 4) is 0 Å². The predicted octanol–water partition coefficient (Wildman–Crippen LogP) is 4.02. The lowest BCUT2D eigenvalue weighted by atomic mass is 10.1. The Morgan fingerprint density at radius 1 is 1.24 bits per heavy atom. The number of hydrogen-bond acceptors (Lipinski definition) is 4. The molecule has 0 bridgehead atoms. The summed E-state index contributed by atoms with van der Waals surface area (Å²) in [6.45, 7) is 4.76. The molecule has 2 unspecified atom stereocenters. The number of rotatable bonds is 7. The number of benzene rings is 1. The monoisotopic (exact) mass is 431 g/mol. The number of thioether (sulfide) groups is 1. The second-order valence-electron chi connectivity index (χ2n) is 7.51. The number of amides is 2. The highest BCUT2D eigenvalue weighted by Crippen LogP contribution is 2.34. The van der Waals surface area contributed by atoms with E-state index in [0.717, 1.165) is 12.1 Å². The van der Waals surface area contributed by atoms with Crippen LogP contribution in [0.1, 0.15) is 36.3 Å². The standard InChI is InChI=1S/C22H26ClN3O2S/c1-15(2)13-20-26(22(28)16-6-8-17(23)9-7-16)19(14-29-20)21(27)25-12-10-18-5-3-4-11-24-18/h3-9,11,15,19-20H,10,12-14H2,1-2H3,(H,25,27). The van der Waals surface area contributed by atoms with Crippen LogP contribution >= 0.6 is 23.4 Å². The number of nitrogens with one attached hydrogen (secondary N) is 1. The molecule has 2 heterocycles. The molecule has 1 aromatic carbocycles. The molecule has 1 fully saturated rings. The zero-order chi connectivity index (χ0) is 20.8. The summed E-state index contributed by atoms with van der Waals surface area (Å²) in [6, 6.07) is 12.1. The molecule has 5 nitrogen and oxygen atoms in total. The van der Waals surface area contributed by atoms with E-state index in [2.05, 4.69) is 24.1 Å². The quantitative estimate of drug-likeness (QED) is 0.719. The van der Waals surface area contributed by atoms with E-state index in [0.29, 0.717) is 35.2 Å². The molecule has 0 radical (unpaired) electrons. The highest BCUT2D eigenvalue weighted by Gasteiger charge is 2.41. The molecular weight excluding hydrogens is 406 g/mol. The highest BCUT2D eigenvalue weighted by molar-refractivity contribution is 8.00. The van der Waals surface area contributed by atoms with Crippen LogP contribution in [0.15, 0.2) is 48.7 Å². The van der Waals surface area contributed by atoms with Crippen LogP contribution in [0.2, 0.25) is 5.02 Å². The van der Waals surface area contributed by atoms with Crippen LogP contribution in [0.25, 0.3) is 0 Å². The Labute approximate surface area is 181 Å². The van der Waals surface area contributed by atoms with Gasteiger partial charge in [-0.05, 0) is 48.7 Å². The van der Waals surface area contributed by atoms with Gasteiger partial charge in [0, 0.05) is 41.2 Å². The van der Waals surface area contributed by atoms with Gasteiger partial charge in [-0.25, -0.2) is 0 Å². The van der Waals surface area contributed by atoms with Crippen molar-refractivity contribution in [1.82, 2.24) is 15.2 Å². The van der Waals surface area contributed by atoms with Gasteiger partial charge < -0.3 is 10.2 Å². The van der Waals surface area contributed by atoms with E-state index in [1.807, 2.05) is 18.2 Å². The first-order valence-corrected chi connectivity index (χ1v) is 11.3. The van der Waals surface area contributed by atoms with Crippen molar-refractivity contribution < 1.29 is 9.59 Å². The summed E-state index contributed by atoms with van der Waals surface area (Å²) in [5.74, 6) is 0.801. The fourth-order valence-electron chi connectivity index (χ4n) is 3.34. The smallest absolute Gasteiger partial charge is 0.255 e. The van der Waals surface area contributed by atoms with Crippen molar-refractivity contribution in [2.24, 2.45) is 5.92 Å². The normalized spacial score (nSPS) is 18.8. The van der Waals surface area contributed by atoms with E-state index in [1.165, 1.54) is 0 Å². The third-order valence-electron chi connectivity index (χ3n) is 4.80. The topological polar surface area (TPSA) is 62.3 Å². The van der Waals surface area contributed by atoms with E-state index >= 15 is 0 Å². The van der Waals surface area contributed by atoms with Crippen LogP contribution in [0.3, 0.4) is 0 Å². The summed E-state index contributed by atoms with van der Waals surface area (Å²) in [5, 5.41) is 3.56. The average molecular weight is 432 g/mol. The molecule has 0 spiro atoms. The lowest BCUT2D eigenvalue weighted by Crippen LogP contribution is -2.50. The summed E-state index contributed by atoms with van der Waals surface area (Å²) in [5.41, 5.74) is 1.48. The molecule has 2 amide bonds. The minimum absolute atomic E-state index is 0.00952. The molecule has 7 heteroatoms. The molecular formula is C22H26ClN3O2S. The lowest BCUT2D eigenvalue weighted by molar-refractivity contribution is -0.124. The summed E-state index contributed by atoms with van der Waals surface area (Å²) in [7, 11) is 0. The van der Waals surface area contributed by atoms with Crippen LogP contribution in [-0.4, -0.2) is 45.4 Å².